The first-order valence-electron chi connectivity index (χ1n) is 12.0. The molecule has 0 unspecified atom stereocenters. The van der Waals surface area contributed by atoms with Gasteiger partial charge in [-0.25, -0.2) is 4.79 Å². The summed E-state index contributed by atoms with van der Waals surface area (Å²) in [7, 11) is 1.69. The molecule has 0 saturated carbocycles. The normalized spacial score (nSPS) is 14.0. The third-order valence-corrected chi connectivity index (χ3v) is 5.47. The van der Waals surface area contributed by atoms with Crippen LogP contribution in [0.25, 0.3) is 0 Å². The van der Waals surface area contributed by atoms with Crippen LogP contribution in [0.3, 0.4) is 0 Å². The number of nitrogens with one attached hydrogen (secondary N) is 1. The van der Waals surface area contributed by atoms with Crippen LogP contribution in [0.2, 0.25) is 0 Å². The quantitative estimate of drug-likeness (QED) is 0.318. The van der Waals surface area contributed by atoms with Crippen LogP contribution in [-0.4, -0.2) is 44.3 Å². The van der Waals surface area contributed by atoms with Gasteiger partial charge in [0.05, 0.1) is 12.6 Å². The lowest BCUT2D eigenvalue weighted by molar-refractivity contribution is -0.110. The van der Waals surface area contributed by atoms with E-state index in [-0.39, 0.29) is 11.3 Å². The maximum Gasteiger partial charge on any atom is 0.408 e. The van der Waals surface area contributed by atoms with Crippen LogP contribution in [0.5, 0.6) is 5.75 Å². The number of methoxy groups -OCH3 is 1. The SMILES string of the molecule is COCCCOc1cc(C[C@@H](C[C@@H](C=O)NC(=O)OC(C)(C)C)C(C)C)ccc1C(C)(C)C. The Morgan fingerprint density at radius 1 is 1.09 bits per heavy atom. The Morgan fingerprint density at radius 3 is 2.27 bits per heavy atom. The van der Waals surface area contributed by atoms with Crippen molar-refractivity contribution in [1.82, 2.24) is 5.32 Å². The Morgan fingerprint density at radius 2 is 1.76 bits per heavy atom. The number of ether oxygens (including phenoxy) is 3. The molecular formula is C27H45NO5. The molecule has 0 heterocycles. The molecule has 1 N–H and O–H groups in total. The number of alkyl carbamates (subject to hydrolysis) is 1. The smallest absolute Gasteiger partial charge is 0.408 e. The molecule has 6 heteroatoms. The van der Waals surface area contributed by atoms with Crippen LogP contribution in [-0.2, 0) is 26.1 Å². The van der Waals surface area contributed by atoms with Gasteiger partial charge in [-0.05, 0) is 68.1 Å². The second-order valence-corrected chi connectivity index (χ2v) is 11.1. The fourth-order valence-corrected chi connectivity index (χ4v) is 3.65. The molecule has 0 aliphatic carbocycles. The van der Waals surface area contributed by atoms with Crippen molar-refractivity contribution >= 4 is 12.4 Å². The van der Waals surface area contributed by atoms with Gasteiger partial charge in [-0.2, -0.15) is 0 Å². The van der Waals surface area contributed by atoms with Crippen LogP contribution in [0.1, 0.15) is 79.4 Å². The van der Waals surface area contributed by atoms with E-state index in [4.69, 9.17) is 14.2 Å². The summed E-state index contributed by atoms with van der Waals surface area (Å²) in [6.45, 7) is 17.5. The highest BCUT2D eigenvalue weighted by atomic mass is 16.6. The molecule has 1 amide bonds. The number of amides is 1. The minimum atomic E-state index is -0.608. The highest BCUT2D eigenvalue weighted by molar-refractivity contribution is 5.73. The number of rotatable bonds is 12. The van der Waals surface area contributed by atoms with E-state index in [0.29, 0.717) is 25.6 Å². The predicted octanol–water partition coefficient (Wildman–Crippen LogP) is 5.70. The molecule has 0 aliphatic heterocycles. The number of aldehydes is 1. The van der Waals surface area contributed by atoms with Crippen molar-refractivity contribution in [3.05, 3.63) is 29.3 Å². The minimum absolute atomic E-state index is 0.0352. The molecule has 2 atom stereocenters. The molecule has 33 heavy (non-hydrogen) atoms. The van der Waals surface area contributed by atoms with Gasteiger partial charge in [0, 0.05) is 20.1 Å². The standard InChI is InChI=1S/C27H45NO5/c1-19(2)21(17-22(18-29)28-25(30)33-27(6,7)8)15-20-11-12-23(26(3,4)5)24(16-20)32-14-10-13-31-9/h11-12,16,18-19,21-22H,10,13-15,17H2,1-9H3,(H,28,30)/t21-,22-/m0/s1. The van der Waals surface area contributed by atoms with E-state index in [9.17, 15) is 9.59 Å². The topological polar surface area (TPSA) is 73.9 Å². The lowest BCUT2D eigenvalue weighted by atomic mass is 9.82. The first-order chi connectivity index (χ1) is 15.3. The Kier molecular flexibility index (Phi) is 11.4. The Hall–Kier alpha value is -2.08. The molecule has 1 rings (SSSR count). The number of hydrogen-bond acceptors (Lipinski definition) is 5. The summed E-state index contributed by atoms with van der Waals surface area (Å²) in [5.41, 5.74) is 1.68. The second-order valence-electron chi connectivity index (χ2n) is 11.1. The van der Waals surface area contributed by atoms with Gasteiger partial charge in [-0.3, -0.25) is 0 Å². The molecule has 188 valence electrons. The highest BCUT2D eigenvalue weighted by Crippen LogP contribution is 2.34. The van der Waals surface area contributed by atoms with Crippen molar-refractivity contribution in [1.29, 1.82) is 0 Å². The van der Waals surface area contributed by atoms with Gasteiger partial charge in [-0.1, -0.05) is 46.8 Å². The van der Waals surface area contributed by atoms with Crippen molar-refractivity contribution in [3.8, 4) is 5.75 Å². The van der Waals surface area contributed by atoms with E-state index in [2.05, 4.69) is 58.1 Å². The third-order valence-electron chi connectivity index (χ3n) is 5.47. The molecule has 0 bridgehead atoms. The van der Waals surface area contributed by atoms with Gasteiger partial charge in [0.25, 0.3) is 0 Å². The summed E-state index contributed by atoms with van der Waals surface area (Å²) < 4.78 is 16.6. The Bertz CT molecular complexity index is 746. The molecule has 0 saturated heterocycles. The van der Waals surface area contributed by atoms with E-state index in [1.165, 1.54) is 5.56 Å². The van der Waals surface area contributed by atoms with Crippen LogP contribution in [0.15, 0.2) is 18.2 Å². The van der Waals surface area contributed by atoms with Crippen molar-refractivity contribution in [2.45, 2.75) is 91.7 Å². The number of carbonyl (C=O) groups excluding carboxylic acids is 2. The molecule has 0 fully saturated rings. The van der Waals surface area contributed by atoms with Gasteiger partial charge >= 0.3 is 6.09 Å². The van der Waals surface area contributed by atoms with Gasteiger partial charge in [-0.15, -0.1) is 0 Å². The summed E-state index contributed by atoms with van der Waals surface area (Å²) in [5, 5.41) is 2.71. The zero-order chi connectivity index (χ0) is 25.2. The molecule has 1 aromatic carbocycles. The van der Waals surface area contributed by atoms with Crippen molar-refractivity contribution < 1.29 is 23.8 Å². The molecule has 1 aromatic rings. The summed E-state index contributed by atoms with van der Waals surface area (Å²) in [4.78, 5) is 23.8. The first kappa shape index (κ1) is 29.0. The summed E-state index contributed by atoms with van der Waals surface area (Å²) in [5.74, 6) is 1.44. The van der Waals surface area contributed by atoms with Gasteiger partial charge in [0.2, 0.25) is 0 Å². The average Bonchev–Trinajstić information content (AvgIpc) is 2.67. The lowest BCUT2D eigenvalue weighted by Crippen LogP contribution is -2.41. The monoisotopic (exact) mass is 463 g/mol. The summed E-state index contributed by atoms with van der Waals surface area (Å²) in [6, 6.07) is 5.83. The highest BCUT2D eigenvalue weighted by Gasteiger charge is 2.25. The van der Waals surface area contributed by atoms with Crippen LogP contribution < -0.4 is 10.1 Å². The van der Waals surface area contributed by atoms with Gasteiger partial charge in [0.15, 0.2) is 0 Å². The van der Waals surface area contributed by atoms with Crippen LogP contribution in [0, 0.1) is 11.8 Å². The maximum absolute atomic E-state index is 12.1. The van der Waals surface area contributed by atoms with E-state index in [1.54, 1.807) is 27.9 Å². The molecule has 0 spiro atoms. The van der Waals surface area contributed by atoms with Crippen LogP contribution in [0.4, 0.5) is 4.79 Å². The number of hydrogen-bond donors (Lipinski definition) is 1. The fourth-order valence-electron chi connectivity index (χ4n) is 3.65. The zero-order valence-corrected chi connectivity index (χ0v) is 22.1. The largest absolute Gasteiger partial charge is 0.493 e. The molecule has 0 aromatic heterocycles. The minimum Gasteiger partial charge on any atom is -0.493 e. The van der Waals surface area contributed by atoms with E-state index in [0.717, 1.165) is 30.4 Å². The van der Waals surface area contributed by atoms with Crippen molar-refractivity contribution in [2.75, 3.05) is 20.3 Å². The Balaban J connectivity index is 2.98. The van der Waals surface area contributed by atoms with Crippen LogP contribution >= 0.6 is 0 Å². The maximum atomic E-state index is 12.1. The first-order valence-corrected chi connectivity index (χ1v) is 12.0. The third kappa shape index (κ3) is 11.1. The van der Waals surface area contributed by atoms with Gasteiger partial charge < -0.3 is 24.3 Å². The average molecular weight is 464 g/mol. The van der Waals surface area contributed by atoms with E-state index in [1.807, 2.05) is 0 Å². The van der Waals surface area contributed by atoms with E-state index >= 15 is 0 Å². The summed E-state index contributed by atoms with van der Waals surface area (Å²) >= 11 is 0. The summed E-state index contributed by atoms with van der Waals surface area (Å²) in [6.07, 6.45) is 2.40. The van der Waals surface area contributed by atoms with Crippen molar-refractivity contribution in [2.24, 2.45) is 11.8 Å². The number of carbonyl (C=O) groups is 2. The Labute approximate surface area is 200 Å². The number of benzene rings is 1. The van der Waals surface area contributed by atoms with Gasteiger partial charge in [0.1, 0.15) is 17.6 Å². The molecule has 0 aliphatic rings. The fraction of sp³-hybridized carbons (Fsp3) is 0.704. The molecule has 6 nitrogen and oxygen atoms in total. The lowest BCUT2D eigenvalue weighted by Gasteiger charge is -2.27. The molecule has 0 radical (unpaired) electrons. The van der Waals surface area contributed by atoms with E-state index < -0.39 is 17.7 Å². The second kappa shape index (κ2) is 13.0. The molecular weight excluding hydrogens is 418 g/mol. The van der Waals surface area contributed by atoms with Crippen molar-refractivity contribution in [3.63, 3.8) is 0 Å². The predicted molar refractivity (Wildman–Crippen MR) is 133 cm³/mol. The zero-order valence-electron chi connectivity index (χ0n) is 22.1.